The number of hydrogen-bond donors (Lipinski definition) is 16. The molecule has 0 spiro atoms. The molecule has 20 atom stereocenters. The third-order valence-electron chi connectivity index (χ3n) is 9.07. The van der Waals surface area contributed by atoms with Crippen LogP contribution in [0.3, 0.4) is 0 Å². The SMILES string of the molecule is CC(=O)N[C@H]1C(O)O[C@H](CO)[C@@H](O[C@H]2O[C@H](COP(=O)(O)O)[C@@H](O)[C@H](O)[C@@H]2O[C@H]2O[C@H](CO)[C@@H](O)[C@H](O)[C@@H]2O[C@H]2O[C@H](COP(=O)(O)O)[C@@H](O)[C@H](O)[C@@H]2O)[C@@H]1O. The van der Waals surface area contributed by atoms with Crippen molar-refractivity contribution < 1.29 is 132 Å². The summed E-state index contributed by atoms with van der Waals surface area (Å²) in [5.41, 5.74) is 0. The summed E-state index contributed by atoms with van der Waals surface area (Å²) in [6.07, 6.45) is -38.6. The van der Waals surface area contributed by atoms with E-state index in [1.807, 2.05) is 0 Å². The molecule has 4 aliphatic heterocycles. The fourth-order valence-electron chi connectivity index (χ4n) is 6.22. The van der Waals surface area contributed by atoms with Gasteiger partial charge in [0, 0.05) is 6.92 Å². The van der Waals surface area contributed by atoms with Gasteiger partial charge in [-0.25, -0.2) is 9.13 Å². The minimum atomic E-state index is -5.24. The van der Waals surface area contributed by atoms with Crippen LogP contribution in [0.2, 0.25) is 0 Å². The lowest BCUT2D eigenvalue weighted by Gasteiger charge is -2.50. The molecule has 0 aliphatic carbocycles. The lowest BCUT2D eigenvalue weighted by molar-refractivity contribution is -0.401. The zero-order valence-electron chi connectivity index (χ0n) is 28.9. The third kappa shape index (κ3) is 11.6. The number of aliphatic hydroxyl groups is 11. The number of ether oxygens (including phenoxy) is 7. The summed E-state index contributed by atoms with van der Waals surface area (Å²) < 4.78 is 70.3. The highest BCUT2D eigenvalue weighted by Gasteiger charge is 2.56. The Balaban J connectivity index is 1.68. The molecule has 4 aliphatic rings. The number of phosphoric acid groups is 2. The predicted molar refractivity (Wildman–Crippen MR) is 167 cm³/mol. The van der Waals surface area contributed by atoms with Gasteiger partial charge in [0.15, 0.2) is 25.2 Å². The smallest absolute Gasteiger partial charge is 0.394 e. The summed E-state index contributed by atoms with van der Waals surface area (Å²) in [4.78, 5) is 48.3. The summed E-state index contributed by atoms with van der Waals surface area (Å²) in [6.45, 7) is -3.20. The second-order valence-electron chi connectivity index (χ2n) is 13.1. The molecule has 4 fully saturated rings. The minimum absolute atomic E-state index is 0.768. The molecule has 28 nitrogen and oxygen atoms in total. The van der Waals surface area contributed by atoms with Crippen LogP contribution in [0.4, 0.5) is 0 Å². The molecule has 0 bridgehead atoms. The number of carbonyl (C=O) groups excluding carboxylic acids is 1. The van der Waals surface area contributed by atoms with E-state index in [4.69, 9.17) is 42.9 Å². The van der Waals surface area contributed by atoms with Gasteiger partial charge in [0.2, 0.25) is 5.91 Å². The van der Waals surface area contributed by atoms with E-state index in [9.17, 15) is 79.9 Å². The lowest BCUT2D eigenvalue weighted by Crippen LogP contribution is -2.69. The Kier molecular flexibility index (Phi) is 16.6. The van der Waals surface area contributed by atoms with Gasteiger partial charge in [0.1, 0.15) is 97.6 Å². The molecule has 4 saturated heterocycles. The normalized spacial score (nSPS) is 45.4. The van der Waals surface area contributed by atoms with E-state index in [2.05, 4.69) is 14.4 Å². The molecule has 0 radical (unpaired) electrons. The maximum absolute atomic E-state index is 11.8. The van der Waals surface area contributed by atoms with Crippen molar-refractivity contribution >= 4 is 21.6 Å². The van der Waals surface area contributed by atoms with Crippen LogP contribution in [0, 0.1) is 0 Å². The molecule has 16 N–H and O–H groups in total. The molecule has 30 heteroatoms. The summed E-state index contributed by atoms with van der Waals surface area (Å²) in [6, 6.07) is -1.62. The number of aliphatic hydroxyl groups excluding tert-OH is 11. The molecule has 0 aromatic rings. The van der Waals surface area contributed by atoms with Gasteiger partial charge in [-0.2, -0.15) is 0 Å². The Labute approximate surface area is 315 Å². The van der Waals surface area contributed by atoms with Gasteiger partial charge in [-0.05, 0) is 0 Å². The van der Waals surface area contributed by atoms with Crippen molar-refractivity contribution in [3.05, 3.63) is 0 Å². The highest BCUT2D eigenvalue weighted by atomic mass is 31.2. The Morgan fingerprint density at radius 3 is 1.41 bits per heavy atom. The fourth-order valence-corrected chi connectivity index (χ4v) is 6.90. The maximum Gasteiger partial charge on any atom is 0.469 e. The molecule has 1 unspecified atom stereocenters. The van der Waals surface area contributed by atoms with Gasteiger partial charge in [0.05, 0.1) is 26.4 Å². The van der Waals surface area contributed by atoms with Gasteiger partial charge < -0.3 is 114 Å². The number of amides is 1. The number of carbonyl (C=O) groups is 1. The quantitative estimate of drug-likeness (QED) is 0.0680. The number of phosphoric ester groups is 2. The van der Waals surface area contributed by atoms with Crippen molar-refractivity contribution in [2.45, 2.75) is 130 Å². The van der Waals surface area contributed by atoms with E-state index in [1.165, 1.54) is 0 Å². The second kappa shape index (κ2) is 19.6. The van der Waals surface area contributed by atoms with Crippen LogP contribution in [0.25, 0.3) is 0 Å². The molecule has 0 saturated carbocycles. The molecule has 1 amide bonds. The summed E-state index contributed by atoms with van der Waals surface area (Å²) in [5, 5.41) is 119. The van der Waals surface area contributed by atoms with Crippen molar-refractivity contribution in [1.29, 1.82) is 0 Å². The second-order valence-corrected chi connectivity index (χ2v) is 15.6. The number of nitrogens with one attached hydrogen (secondary N) is 1. The average molecular weight is 868 g/mol. The average Bonchev–Trinajstić information content (AvgIpc) is 3.11. The van der Waals surface area contributed by atoms with Crippen molar-refractivity contribution in [3.63, 3.8) is 0 Å². The van der Waals surface area contributed by atoms with Crippen LogP contribution >= 0.6 is 15.6 Å². The van der Waals surface area contributed by atoms with Gasteiger partial charge in [0.25, 0.3) is 0 Å². The molecule has 0 aromatic carbocycles. The topological polar surface area (TPSA) is 450 Å². The van der Waals surface area contributed by atoms with Crippen LogP contribution in [0.5, 0.6) is 0 Å². The molecular weight excluding hydrogens is 820 g/mol. The first kappa shape index (κ1) is 47.6. The first-order valence-corrected chi connectivity index (χ1v) is 19.6. The van der Waals surface area contributed by atoms with Crippen LogP contribution < -0.4 is 5.32 Å². The zero-order chi connectivity index (χ0) is 42.0. The van der Waals surface area contributed by atoms with Gasteiger partial charge in [-0.15, -0.1) is 0 Å². The Bertz CT molecular complexity index is 1370. The van der Waals surface area contributed by atoms with E-state index in [0.717, 1.165) is 6.92 Å². The summed E-state index contributed by atoms with van der Waals surface area (Å²) in [5.74, 6) is -0.768. The van der Waals surface area contributed by atoms with Gasteiger partial charge >= 0.3 is 15.6 Å². The minimum Gasteiger partial charge on any atom is -0.394 e. The van der Waals surface area contributed by atoms with Crippen LogP contribution in [0.1, 0.15) is 6.92 Å². The predicted octanol–water partition coefficient (Wildman–Crippen LogP) is -9.37. The number of rotatable bonds is 15. The number of hydrogen-bond acceptors (Lipinski definition) is 23. The fraction of sp³-hybridized carbons (Fsp3) is 0.962. The van der Waals surface area contributed by atoms with Crippen LogP contribution in [-0.2, 0) is 56.1 Å². The van der Waals surface area contributed by atoms with Crippen molar-refractivity contribution in [3.8, 4) is 0 Å². The Morgan fingerprint density at radius 2 is 0.946 bits per heavy atom. The largest absolute Gasteiger partial charge is 0.469 e. The van der Waals surface area contributed by atoms with E-state index >= 15 is 0 Å². The van der Waals surface area contributed by atoms with Crippen molar-refractivity contribution in [2.75, 3.05) is 26.4 Å². The van der Waals surface area contributed by atoms with Crippen molar-refractivity contribution in [2.24, 2.45) is 0 Å². The van der Waals surface area contributed by atoms with Gasteiger partial charge in [-0.3, -0.25) is 13.8 Å². The third-order valence-corrected chi connectivity index (χ3v) is 10.0. The molecule has 4 rings (SSSR count). The molecule has 4 heterocycles. The zero-order valence-corrected chi connectivity index (χ0v) is 30.7. The first-order valence-electron chi connectivity index (χ1n) is 16.6. The van der Waals surface area contributed by atoms with Crippen LogP contribution in [0.15, 0.2) is 0 Å². The molecule has 56 heavy (non-hydrogen) atoms. The van der Waals surface area contributed by atoms with E-state index in [-0.39, 0.29) is 0 Å². The molecule has 328 valence electrons. The van der Waals surface area contributed by atoms with E-state index < -0.39 is 171 Å². The van der Waals surface area contributed by atoms with E-state index in [0.29, 0.717) is 0 Å². The standard InChI is InChI=1S/C26H47NO27P2/c1-6(30)27-11-15(34)20(8(3-29)48-23(11)39)52-26-22(18(37)14(33)10(51-26)5-47-56(43,44)45)54-25-21(17(36)12(31)7(2-28)49-25)53-24-19(38)16(35)13(32)9(50-24)4-46-55(40,41)42/h7-26,28-29,31-39H,2-5H2,1H3,(H,27,30)(H2,40,41,42)(H2,43,44,45)/t7-,8-,9-,10-,11-,12-,13-,14-,15-,16+,17+,18+,19+,20-,21+,22+,23?,24-,25-,26-/m1/s1. The summed E-state index contributed by atoms with van der Waals surface area (Å²) >= 11 is 0. The Hall–Kier alpha value is -1.03. The van der Waals surface area contributed by atoms with Crippen molar-refractivity contribution in [1.82, 2.24) is 5.32 Å². The van der Waals surface area contributed by atoms with Crippen LogP contribution in [-0.4, -0.2) is 231 Å². The highest BCUT2D eigenvalue weighted by molar-refractivity contribution is 7.46. The monoisotopic (exact) mass is 867 g/mol. The molecular formula is C26H47NO27P2. The van der Waals surface area contributed by atoms with Gasteiger partial charge in [-0.1, -0.05) is 0 Å². The van der Waals surface area contributed by atoms with E-state index in [1.54, 1.807) is 0 Å². The molecule has 0 aromatic heterocycles. The summed E-state index contributed by atoms with van der Waals surface area (Å²) in [7, 11) is -10.4. The maximum atomic E-state index is 11.8. The Morgan fingerprint density at radius 1 is 0.536 bits per heavy atom. The highest BCUT2D eigenvalue weighted by Crippen LogP contribution is 2.40. The lowest BCUT2D eigenvalue weighted by atomic mass is 9.95. The first-order chi connectivity index (χ1) is 26.0.